The molecule has 3 heterocycles. The van der Waals surface area contributed by atoms with Crippen LogP contribution in [-0.2, 0) is 13.0 Å². The molecule has 0 bridgehead atoms. The van der Waals surface area contributed by atoms with Crippen molar-refractivity contribution in [3.63, 3.8) is 0 Å². The molecule has 108 valence electrons. The Balaban J connectivity index is 1.73. The summed E-state index contributed by atoms with van der Waals surface area (Å²) in [7, 11) is 0. The number of rotatable bonds is 4. The van der Waals surface area contributed by atoms with E-state index in [2.05, 4.69) is 26.0 Å². The summed E-state index contributed by atoms with van der Waals surface area (Å²) in [6, 6.07) is 0. The smallest absolute Gasteiger partial charge is 0.155 e. The molecule has 0 amide bonds. The lowest BCUT2D eigenvalue weighted by molar-refractivity contribution is 0.315. The molecule has 2 aromatic heterocycles. The maximum atomic E-state index is 5.20. The fourth-order valence-electron chi connectivity index (χ4n) is 2.71. The summed E-state index contributed by atoms with van der Waals surface area (Å²) in [5, 5.41) is 19.5. The zero-order valence-electron chi connectivity index (χ0n) is 12.0. The molecule has 0 spiro atoms. The Labute approximate surface area is 117 Å². The minimum absolute atomic E-state index is 0.656. The molecule has 2 aromatic rings. The molecule has 0 aromatic carbocycles. The molecule has 20 heavy (non-hydrogen) atoms. The van der Waals surface area contributed by atoms with Crippen LogP contribution in [0.3, 0.4) is 0 Å². The lowest BCUT2D eigenvalue weighted by atomic mass is 9.98. The van der Waals surface area contributed by atoms with Crippen LogP contribution in [-0.4, -0.2) is 38.5 Å². The van der Waals surface area contributed by atoms with Gasteiger partial charge in [0.1, 0.15) is 5.76 Å². The van der Waals surface area contributed by atoms with Gasteiger partial charge in [-0.1, -0.05) is 5.16 Å². The Bertz CT molecular complexity index is 550. The molecule has 0 saturated carbocycles. The normalized spacial score (nSPS) is 16.7. The molecular weight excluding hydrogens is 256 g/mol. The van der Waals surface area contributed by atoms with Gasteiger partial charge in [-0.2, -0.15) is 0 Å². The topological polar surface area (TPSA) is 81.7 Å². The van der Waals surface area contributed by atoms with E-state index in [-0.39, 0.29) is 0 Å². The van der Waals surface area contributed by atoms with Crippen LogP contribution in [0.5, 0.6) is 0 Å². The summed E-state index contributed by atoms with van der Waals surface area (Å²) in [5.41, 5.74) is 2.00. The van der Waals surface area contributed by atoms with Crippen molar-refractivity contribution >= 4 is 0 Å². The number of aromatic nitrogens is 5. The molecule has 3 rings (SSSR count). The van der Waals surface area contributed by atoms with Crippen LogP contribution in [0.15, 0.2) is 4.52 Å². The summed E-state index contributed by atoms with van der Waals surface area (Å²) in [6.07, 6.45) is 3.05. The monoisotopic (exact) mass is 276 g/mol. The molecule has 0 atom stereocenters. The van der Waals surface area contributed by atoms with Crippen molar-refractivity contribution in [3.8, 4) is 0 Å². The van der Waals surface area contributed by atoms with Gasteiger partial charge in [-0.15, -0.1) is 5.10 Å². The number of hydrogen-bond acceptors (Lipinski definition) is 6. The van der Waals surface area contributed by atoms with Gasteiger partial charge in [0.15, 0.2) is 5.82 Å². The van der Waals surface area contributed by atoms with E-state index in [1.54, 1.807) is 0 Å². The van der Waals surface area contributed by atoms with Crippen LogP contribution in [0.2, 0.25) is 0 Å². The third kappa shape index (κ3) is 2.72. The van der Waals surface area contributed by atoms with E-state index in [9.17, 15) is 0 Å². The highest BCUT2D eigenvalue weighted by molar-refractivity contribution is 5.24. The second kappa shape index (κ2) is 5.70. The standard InChI is InChI=1S/C13H20N6O/c1-9-12(10(2)20-16-9)7-13-15-17-18-19(13)8-11-3-5-14-6-4-11/h11,14H,3-8H2,1-2H3. The van der Waals surface area contributed by atoms with Crippen molar-refractivity contribution < 1.29 is 4.52 Å². The molecule has 7 nitrogen and oxygen atoms in total. The molecule has 0 radical (unpaired) electrons. The Morgan fingerprint density at radius 2 is 2.10 bits per heavy atom. The molecule has 1 fully saturated rings. The maximum Gasteiger partial charge on any atom is 0.155 e. The fourth-order valence-corrected chi connectivity index (χ4v) is 2.71. The van der Waals surface area contributed by atoms with Crippen LogP contribution in [0.4, 0.5) is 0 Å². The quantitative estimate of drug-likeness (QED) is 0.892. The highest BCUT2D eigenvalue weighted by Gasteiger charge is 2.18. The van der Waals surface area contributed by atoms with Gasteiger partial charge in [0.05, 0.1) is 5.69 Å². The minimum Gasteiger partial charge on any atom is -0.361 e. The van der Waals surface area contributed by atoms with Crippen LogP contribution in [0, 0.1) is 19.8 Å². The van der Waals surface area contributed by atoms with Crippen molar-refractivity contribution in [1.29, 1.82) is 0 Å². The van der Waals surface area contributed by atoms with Crippen LogP contribution in [0.1, 0.15) is 35.7 Å². The largest absolute Gasteiger partial charge is 0.361 e. The van der Waals surface area contributed by atoms with Crippen molar-refractivity contribution in [2.45, 2.75) is 39.7 Å². The van der Waals surface area contributed by atoms with Gasteiger partial charge >= 0.3 is 0 Å². The van der Waals surface area contributed by atoms with E-state index < -0.39 is 0 Å². The van der Waals surface area contributed by atoms with Gasteiger partial charge in [-0.05, 0) is 56.1 Å². The van der Waals surface area contributed by atoms with Gasteiger partial charge < -0.3 is 9.84 Å². The second-order valence-electron chi connectivity index (χ2n) is 5.45. The van der Waals surface area contributed by atoms with Crippen LogP contribution in [0.25, 0.3) is 0 Å². The molecule has 1 saturated heterocycles. The molecule has 1 aliphatic rings. The summed E-state index contributed by atoms with van der Waals surface area (Å²) in [6.45, 7) is 6.95. The number of aryl methyl sites for hydroxylation is 2. The first-order chi connectivity index (χ1) is 9.74. The Hall–Kier alpha value is -1.76. The van der Waals surface area contributed by atoms with E-state index >= 15 is 0 Å². The van der Waals surface area contributed by atoms with Gasteiger partial charge in [-0.3, -0.25) is 0 Å². The fraction of sp³-hybridized carbons (Fsp3) is 0.692. The van der Waals surface area contributed by atoms with E-state index in [4.69, 9.17) is 4.52 Å². The minimum atomic E-state index is 0.656. The Morgan fingerprint density at radius 1 is 1.30 bits per heavy atom. The van der Waals surface area contributed by atoms with Crippen molar-refractivity contribution in [2.75, 3.05) is 13.1 Å². The predicted octanol–water partition coefficient (Wildman–Crippen LogP) is 0.868. The van der Waals surface area contributed by atoms with Crippen LogP contribution >= 0.6 is 0 Å². The van der Waals surface area contributed by atoms with Gasteiger partial charge in [0, 0.05) is 18.5 Å². The lowest BCUT2D eigenvalue weighted by Crippen LogP contribution is -2.30. The average Bonchev–Trinajstić information content (AvgIpc) is 3.02. The first kappa shape index (κ1) is 13.2. The van der Waals surface area contributed by atoms with E-state index in [0.717, 1.165) is 42.5 Å². The van der Waals surface area contributed by atoms with Gasteiger partial charge in [0.25, 0.3) is 0 Å². The van der Waals surface area contributed by atoms with Crippen LogP contribution < -0.4 is 5.32 Å². The van der Waals surface area contributed by atoms with Gasteiger partial charge in [0.2, 0.25) is 0 Å². The highest BCUT2D eigenvalue weighted by atomic mass is 16.5. The first-order valence-electron chi connectivity index (χ1n) is 7.11. The van der Waals surface area contributed by atoms with E-state index in [1.807, 2.05) is 18.5 Å². The predicted molar refractivity (Wildman–Crippen MR) is 72.2 cm³/mol. The number of hydrogen-bond donors (Lipinski definition) is 1. The first-order valence-corrected chi connectivity index (χ1v) is 7.11. The number of nitrogens with one attached hydrogen (secondary N) is 1. The molecule has 1 aliphatic heterocycles. The maximum absolute atomic E-state index is 5.20. The van der Waals surface area contributed by atoms with Gasteiger partial charge in [-0.25, -0.2) is 4.68 Å². The zero-order chi connectivity index (χ0) is 13.9. The summed E-state index contributed by atoms with van der Waals surface area (Å²) < 4.78 is 7.13. The Kier molecular flexibility index (Phi) is 3.77. The number of piperidine rings is 1. The average molecular weight is 276 g/mol. The molecule has 1 N–H and O–H groups in total. The Morgan fingerprint density at radius 3 is 2.80 bits per heavy atom. The second-order valence-corrected chi connectivity index (χ2v) is 5.45. The van der Waals surface area contributed by atoms with Crippen molar-refractivity contribution in [2.24, 2.45) is 5.92 Å². The van der Waals surface area contributed by atoms with Crippen molar-refractivity contribution in [1.82, 2.24) is 30.7 Å². The zero-order valence-corrected chi connectivity index (χ0v) is 12.0. The molecule has 0 aliphatic carbocycles. The van der Waals surface area contributed by atoms with Crippen molar-refractivity contribution in [3.05, 3.63) is 22.8 Å². The third-order valence-electron chi connectivity index (χ3n) is 4.01. The molecule has 0 unspecified atom stereocenters. The summed E-state index contributed by atoms with van der Waals surface area (Å²) >= 11 is 0. The lowest BCUT2D eigenvalue weighted by Gasteiger charge is -2.22. The van der Waals surface area contributed by atoms with E-state index in [0.29, 0.717) is 12.3 Å². The number of nitrogens with zero attached hydrogens (tertiary/aromatic N) is 5. The molecule has 7 heteroatoms. The van der Waals surface area contributed by atoms with E-state index in [1.165, 1.54) is 12.8 Å². The molecular formula is C13H20N6O. The highest BCUT2D eigenvalue weighted by Crippen LogP contribution is 2.18. The number of tetrazole rings is 1. The summed E-state index contributed by atoms with van der Waals surface area (Å²) in [4.78, 5) is 0. The third-order valence-corrected chi connectivity index (χ3v) is 4.01. The summed E-state index contributed by atoms with van der Waals surface area (Å²) in [5.74, 6) is 2.39. The SMILES string of the molecule is Cc1noc(C)c1Cc1nnnn1CC1CCNCC1.